The third kappa shape index (κ3) is 7.77. The van der Waals surface area contributed by atoms with Crippen LogP contribution in [0.15, 0.2) is 0 Å². The van der Waals surface area contributed by atoms with Gasteiger partial charge in [0, 0.05) is 19.5 Å². The Morgan fingerprint density at radius 2 is 1.65 bits per heavy atom. The number of carbonyl (C=O) groups excluding carboxylic acids is 2. The molecule has 0 aliphatic carbocycles. The van der Waals surface area contributed by atoms with E-state index in [0.29, 0.717) is 12.3 Å². The van der Waals surface area contributed by atoms with E-state index in [9.17, 15) is 9.59 Å². The van der Waals surface area contributed by atoms with Gasteiger partial charge in [0.1, 0.15) is 0 Å². The molecule has 100 valence electrons. The predicted molar refractivity (Wildman–Crippen MR) is 69.6 cm³/mol. The van der Waals surface area contributed by atoms with Crippen molar-refractivity contribution in [2.75, 3.05) is 19.6 Å². The Kier molecular flexibility index (Phi) is 8.46. The third-order valence-electron chi connectivity index (χ3n) is 2.37. The van der Waals surface area contributed by atoms with Gasteiger partial charge in [-0.15, -0.1) is 0 Å². The molecule has 0 aromatic rings. The molecule has 1 N–H and O–H groups in total. The van der Waals surface area contributed by atoms with Crippen LogP contribution >= 0.6 is 0 Å². The SMILES string of the molecule is CCCN(CCC)C(=O)CNC(=O)CC(C)C. The molecule has 0 saturated heterocycles. The van der Waals surface area contributed by atoms with E-state index in [1.165, 1.54) is 0 Å². The maximum Gasteiger partial charge on any atom is 0.241 e. The first-order valence-electron chi connectivity index (χ1n) is 6.55. The largest absolute Gasteiger partial charge is 0.347 e. The van der Waals surface area contributed by atoms with Crippen LogP contribution in [0.1, 0.15) is 47.0 Å². The lowest BCUT2D eigenvalue weighted by atomic mass is 10.1. The topological polar surface area (TPSA) is 49.4 Å². The normalized spacial score (nSPS) is 10.4. The van der Waals surface area contributed by atoms with E-state index in [0.717, 1.165) is 25.9 Å². The zero-order chi connectivity index (χ0) is 13.3. The Morgan fingerprint density at radius 1 is 1.12 bits per heavy atom. The van der Waals surface area contributed by atoms with Crippen molar-refractivity contribution in [3.05, 3.63) is 0 Å². The average molecular weight is 242 g/mol. The number of rotatable bonds is 8. The van der Waals surface area contributed by atoms with E-state index in [4.69, 9.17) is 0 Å². The number of hydrogen-bond acceptors (Lipinski definition) is 2. The second-order valence-electron chi connectivity index (χ2n) is 4.76. The zero-order valence-corrected chi connectivity index (χ0v) is 11.6. The maximum atomic E-state index is 11.8. The molecular weight excluding hydrogens is 216 g/mol. The second kappa shape index (κ2) is 9.02. The lowest BCUT2D eigenvalue weighted by Gasteiger charge is -2.21. The molecule has 0 aromatic carbocycles. The highest BCUT2D eigenvalue weighted by molar-refractivity contribution is 5.84. The van der Waals surface area contributed by atoms with E-state index in [-0.39, 0.29) is 18.4 Å². The van der Waals surface area contributed by atoms with Crippen molar-refractivity contribution < 1.29 is 9.59 Å². The monoisotopic (exact) mass is 242 g/mol. The van der Waals surface area contributed by atoms with Gasteiger partial charge in [0.25, 0.3) is 0 Å². The minimum Gasteiger partial charge on any atom is -0.347 e. The van der Waals surface area contributed by atoms with Crippen LogP contribution in [-0.4, -0.2) is 36.3 Å². The summed E-state index contributed by atoms with van der Waals surface area (Å²) < 4.78 is 0. The Bertz CT molecular complexity index is 234. The lowest BCUT2D eigenvalue weighted by Crippen LogP contribution is -2.41. The molecule has 4 heteroatoms. The minimum atomic E-state index is -0.0405. The summed E-state index contributed by atoms with van der Waals surface area (Å²) in [5.74, 6) is 0.305. The molecule has 0 fully saturated rings. The van der Waals surface area contributed by atoms with Crippen molar-refractivity contribution in [3.8, 4) is 0 Å². The summed E-state index contributed by atoms with van der Waals surface area (Å²) in [6, 6.07) is 0. The third-order valence-corrected chi connectivity index (χ3v) is 2.37. The number of amides is 2. The molecule has 0 radical (unpaired) electrons. The molecular formula is C13H26N2O2. The van der Waals surface area contributed by atoms with Gasteiger partial charge in [-0.05, 0) is 18.8 Å². The molecule has 4 nitrogen and oxygen atoms in total. The summed E-state index contributed by atoms with van der Waals surface area (Å²) in [6.07, 6.45) is 2.38. The van der Waals surface area contributed by atoms with Crippen LogP contribution in [-0.2, 0) is 9.59 Å². The van der Waals surface area contributed by atoms with Gasteiger partial charge in [-0.25, -0.2) is 0 Å². The molecule has 0 aromatic heterocycles. The van der Waals surface area contributed by atoms with Gasteiger partial charge in [0.15, 0.2) is 0 Å². The van der Waals surface area contributed by atoms with Gasteiger partial charge in [-0.2, -0.15) is 0 Å². The molecule has 0 spiro atoms. The van der Waals surface area contributed by atoms with Crippen LogP contribution in [0.5, 0.6) is 0 Å². The lowest BCUT2D eigenvalue weighted by molar-refractivity contribution is -0.133. The van der Waals surface area contributed by atoms with Crippen LogP contribution in [0.3, 0.4) is 0 Å². The summed E-state index contributed by atoms with van der Waals surface area (Å²) in [5.41, 5.74) is 0. The van der Waals surface area contributed by atoms with Crippen molar-refractivity contribution in [1.82, 2.24) is 10.2 Å². The standard InChI is InChI=1S/C13H26N2O2/c1-5-7-15(8-6-2)13(17)10-14-12(16)9-11(3)4/h11H,5-10H2,1-4H3,(H,14,16). The number of hydrogen-bond donors (Lipinski definition) is 1. The Labute approximate surface area is 105 Å². The van der Waals surface area contributed by atoms with Crippen LogP contribution in [0.2, 0.25) is 0 Å². The van der Waals surface area contributed by atoms with E-state index in [1.54, 1.807) is 0 Å². The smallest absolute Gasteiger partial charge is 0.241 e. The van der Waals surface area contributed by atoms with Crippen molar-refractivity contribution >= 4 is 11.8 Å². The second-order valence-corrected chi connectivity index (χ2v) is 4.76. The maximum absolute atomic E-state index is 11.8. The molecule has 0 aliphatic heterocycles. The Balaban J connectivity index is 4.00. The molecule has 0 saturated carbocycles. The van der Waals surface area contributed by atoms with E-state index in [2.05, 4.69) is 5.32 Å². The van der Waals surface area contributed by atoms with Crippen LogP contribution < -0.4 is 5.32 Å². The quantitative estimate of drug-likeness (QED) is 0.705. The Hall–Kier alpha value is -1.06. The van der Waals surface area contributed by atoms with E-state index >= 15 is 0 Å². The number of nitrogens with one attached hydrogen (secondary N) is 1. The van der Waals surface area contributed by atoms with Gasteiger partial charge in [0.2, 0.25) is 11.8 Å². The van der Waals surface area contributed by atoms with E-state index < -0.39 is 0 Å². The van der Waals surface area contributed by atoms with Crippen molar-refractivity contribution in [3.63, 3.8) is 0 Å². The highest BCUT2D eigenvalue weighted by Gasteiger charge is 2.13. The molecule has 17 heavy (non-hydrogen) atoms. The molecule has 0 atom stereocenters. The van der Waals surface area contributed by atoms with Crippen molar-refractivity contribution in [2.45, 2.75) is 47.0 Å². The molecule has 0 unspecified atom stereocenters. The van der Waals surface area contributed by atoms with Gasteiger partial charge in [-0.1, -0.05) is 27.7 Å². The van der Waals surface area contributed by atoms with Crippen molar-refractivity contribution in [1.29, 1.82) is 0 Å². The zero-order valence-electron chi connectivity index (χ0n) is 11.6. The van der Waals surface area contributed by atoms with Crippen molar-refractivity contribution in [2.24, 2.45) is 5.92 Å². The van der Waals surface area contributed by atoms with E-state index in [1.807, 2.05) is 32.6 Å². The summed E-state index contributed by atoms with van der Waals surface area (Å²) in [4.78, 5) is 25.1. The number of carbonyl (C=O) groups is 2. The highest BCUT2D eigenvalue weighted by atomic mass is 16.2. The summed E-state index contributed by atoms with van der Waals surface area (Å²) >= 11 is 0. The van der Waals surface area contributed by atoms with Gasteiger partial charge in [0.05, 0.1) is 6.54 Å². The highest BCUT2D eigenvalue weighted by Crippen LogP contribution is 1.99. The molecule has 0 aliphatic rings. The molecule has 0 heterocycles. The minimum absolute atomic E-state index is 0.0193. The molecule has 0 bridgehead atoms. The van der Waals surface area contributed by atoms with Crippen LogP contribution in [0.25, 0.3) is 0 Å². The first-order chi connectivity index (χ1) is 8.01. The van der Waals surface area contributed by atoms with Gasteiger partial charge < -0.3 is 10.2 Å². The summed E-state index contributed by atoms with van der Waals surface area (Å²) in [7, 11) is 0. The molecule has 0 rings (SSSR count). The summed E-state index contributed by atoms with van der Waals surface area (Å²) in [5, 5.41) is 2.68. The first-order valence-corrected chi connectivity index (χ1v) is 6.55. The average Bonchev–Trinajstić information content (AvgIpc) is 2.24. The Morgan fingerprint density at radius 3 is 2.06 bits per heavy atom. The molecule has 2 amide bonds. The van der Waals surface area contributed by atoms with Crippen LogP contribution in [0.4, 0.5) is 0 Å². The predicted octanol–water partition coefficient (Wildman–Crippen LogP) is 1.80. The fourth-order valence-corrected chi connectivity index (χ4v) is 1.63. The van der Waals surface area contributed by atoms with Gasteiger partial charge >= 0.3 is 0 Å². The van der Waals surface area contributed by atoms with Gasteiger partial charge in [-0.3, -0.25) is 9.59 Å². The van der Waals surface area contributed by atoms with Crippen LogP contribution in [0, 0.1) is 5.92 Å². The number of nitrogens with zero attached hydrogens (tertiary/aromatic N) is 1. The fraction of sp³-hybridized carbons (Fsp3) is 0.846. The summed E-state index contributed by atoms with van der Waals surface area (Å²) in [6.45, 7) is 9.75. The fourth-order valence-electron chi connectivity index (χ4n) is 1.63. The first kappa shape index (κ1) is 15.9.